The fraction of sp³-hybridized carbons (Fsp3) is 0.400. The molecule has 0 fully saturated rings. The second-order valence-corrected chi connectivity index (χ2v) is 8.11. The number of rotatable bonds is 12. The van der Waals surface area contributed by atoms with Crippen LogP contribution in [0.1, 0.15) is 48.4 Å². The highest BCUT2D eigenvalue weighted by Crippen LogP contribution is 2.18. The molecule has 2 aromatic rings. The zero-order valence-corrected chi connectivity index (χ0v) is 20.9. The second kappa shape index (κ2) is 13.9. The van der Waals surface area contributed by atoms with Gasteiger partial charge >= 0.3 is 18.1 Å². The Morgan fingerprint density at radius 1 is 0.639 bits per heavy atom. The lowest BCUT2D eigenvalue weighted by Gasteiger charge is -2.23. The normalized spacial score (nSPS) is 12.4. The lowest BCUT2D eigenvalue weighted by atomic mass is 10.2. The Balaban J connectivity index is 1.91. The summed E-state index contributed by atoms with van der Waals surface area (Å²) in [6.45, 7) is 6.68. The van der Waals surface area contributed by atoms with Crippen molar-refractivity contribution in [2.75, 3.05) is 14.2 Å². The molecule has 0 aliphatic heterocycles. The molecule has 11 nitrogen and oxygen atoms in total. The second-order valence-electron chi connectivity index (χ2n) is 8.11. The van der Waals surface area contributed by atoms with Gasteiger partial charge in [0.05, 0.1) is 25.3 Å². The van der Waals surface area contributed by atoms with Gasteiger partial charge in [0.25, 0.3) is 12.6 Å². The number of methoxy groups -OCH3 is 2. The number of carbonyl (C=O) groups excluding carboxylic acids is 3. The van der Waals surface area contributed by atoms with Crippen LogP contribution in [0, 0.1) is 11.8 Å². The lowest BCUT2D eigenvalue weighted by molar-refractivity contribution is -0.357. The van der Waals surface area contributed by atoms with Crippen molar-refractivity contribution in [3.05, 3.63) is 59.7 Å². The van der Waals surface area contributed by atoms with Crippen molar-refractivity contribution in [3.8, 4) is 11.5 Å². The molecule has 11 heteroatoms. The first-order valence-corrected chi connectivity index (χ1v) is 11.0. The Bertz CT molecular complexity index is 939. The van der Waals surface area contributed by atoms with Crippen LogP contribution in [0.2, 0.25) is 0 Å². The summed E-state index contributed by atoms with van der Waals surface area (Å²) >= 11 is 0. The molecule has 0 bridgehead atoms. The molecule has 0 aliphatic rings. The van der Waals surface area contributed by atoms with Crippen LogP contribution in [0.4, 0.5) is 4.79 Å². The molecule has 2 rings (SSSR count). The van der Waals surface area contributed by atoms with E-state index >= 15 is 0 Å². The standard InChI is InChI=1S/C25H30O11/c1-15(2)23(35-33-21(26)17-9-7-11-19(13-17)29-5)31-25(28)32-24(16(3)4)36-34-22(27)18-10-8-12-20(14-18)30-6/h7-16,23-24H,1-6H3. The summed E-state index contributed by atoms with van der Waals surface area (Å²) in [6.07, 6.45) is -3.78. The summed E-state index contributed by atoms with van der Waals surface area (Å²) < 4.78 is 20.4. The van der Waals surface area contributed by atoms with Crippen molar-refractivity contribution in [1.82, 2.24) is 0 Å². The predicted octanol–water partition coefficient (Wildman–Crippen LogP) is 4.70. The maximum Gasteiger partial charge on any atom is 0.513 e. The van der Waals surface area contributed by atoms with Crippen molar-refractivity contribution in [2.45, 2.75) is 40.3 Å². The predicted molar refractivity (Wildman–Crippen MR) is 124 cm³/mol. The van der Waals surface area contributed by atoms with Crippen LogP contribution >= 0.6 is 0 Å². The summed E-state index contributed by atoms with van der Waals surface area (Å²) in [7, 11) is 2.92. The molecule has 0 N–H and O–H groups in total. The van der Waals surface area contributed by atoms with Crippen LogP contribution in [-0.4, -0.2) is 44.9 Å². The van der Waals surface area contributed by atoms with E-state index in [1.165, 1.54) is 38.5 Å². The molecule has 0 amide bonds. The van der Waals surface area contributed by atoms with Gasteiger partial charge in [0.15, 0.2) is 0 Å². The molecule has 196 valence electrons. The maximum atomic E-state index is 12.4. The van der Waals surface area contributed by atoms with Crippen molar-refractivity contribution in [1.29, 1.82) is 0 Å². The van der Waals surface area contributed by atoms with Crippen molar-refractivity contribution >= 4 is 18.1 Å². The number of benzene rings is 2. The van der Waals surface area contributed by atoms with E-state index in [0.29, 0.717) is 11.5 Å². The third-order valence-electron chi connectivity index (χ3n) is 4.56. The first-order valence-electron chi connectivity index (χ1n) is 11.0. The number of carbonyl (C=O) groups is 3. The zero-order chi connectivity index (χ0) is 26.7. The fourth-order valence-corrected chi connectivity index (χ4v) is 2.53. The molecule has 0 saturated heterocycles. The van der Waals surface area contributed by atoms with Gasteiger partial charge in [0, 0.05) is 11.8 Å². The number of hydrogen-bond donors (Lipinski definition) is 0. The Labute approximate surface area is 208 Å². The van der Waals surface area contributed by atoms with Gasteiger partial charge in [0.1, 0.15) is 11.5 Å². The van der Waals surface area contributed by atoms with Crippen LogP contribution < -0.4 is 9.47 Å². The first kappa shape index (κ1) is 28.4. The van der Waals surface area contributed by atoms with Gasteiger partial charge in [-0.05, 0) is 36.4 Å². The molecule has 36 heavy (non-hydrogen) atoms. The SMILES string of the molecule is COc1cccc(C(=O)OOC(OC(=O)OC(OOC(=O)c2cccc(OC)c2)C(C)C)C(C)C)c1. The van der Waals surface area contributed by atoms with Gasteiger partial charge in [-0.15, -0.1) is 9.78 Å². The molecule has 0 spiro atoms. The van der Waals surface area contributed by atoms with Gasteiger partial charge in [-0.2, -0.15) is 0 Å². The Hall–Kier alpha value is -3.83. The van der Waals surface area contributed by atoms with Gasteiger partial charge in [0.2, 0.25) is 0 Å². The van der Waals surface area contributed by atoms with Crippen molar-refractivity contribution in [3.63, 3.8) is 0 Å². The van der Waals surface area contributed by atoms with Gasteiger partial charge in [-0.1, -0.05) is 39.8 Å². The van der Waals surface area contributed by atoms with Crippen LogP contribution in [0.25, 0.3) is 0 Å². The first-order chi connectivity index (χ1) is 17.1. The van der Waals surface area contributed by atoms with Gasteiger partial charge in [-0.3, -0.25) is 9.78 Å². The lowest BCUT2D eigenvalue weighted by Crippen LogP contribution is -2.33. The van der Waals surface area contributed by atoms with Gasteiger partial charge < -0.3 is 18.9 Å². The molecule has 2 atom stereocenters. The molecule has 2 unspecified atom stereocenters. The highest BCUT2D eigenvalue weighted by molar-refractivity contribution is 5.89. The van der Waals surface area contributed by atoms with E-state index in [1.807, 2.05) is 0 Å². The van der Waals surface area contributed by atoms with E-state index in [0.717, 1.165) is 0 Å². The topological polar surface area (TPSA) is 125 Å². The largest absolute Gasteiger partial charge is 0.513 e. The van der Waals surface area contributed by atoms with Gasteiger partial charge in [-0.25, -0.2) is 14.4 Å². The molecule has 0 saturated carbocycles. The zero-order valence-electron chi connectivity index (χ0n) is 20.9. The average molecular weight is 507 g/mol. The van der Waals surface area contributed by atoms with Crippen LogP contribution in [0.5, 0.6) is 11.5 Å². The Morgan fingerprint density at radius 3 is 1.36 bits per heavy atom. The van der Waals surface area contributed by atoms with Crippen molar-refractivity contribution < 1.29 is 52.9 Å². The molecule has 2 aromatic carbocycles. The van der Waals surface area contributed by atoms with E-state index in [1.54, 1.807) is 52.0 Å². The Morgan fingerprint density at radius 2 is 1.03 bits per heavy atom. The minimum absolute atomic E-state index is 0.172. The summed E-state index contributed by atoms with van der Waals surface area (Å²) in [5.74, 6) is -1.55. The smallest absolute Gasteiger partial charge is 0.497 e. The maximum absolute atomic E-state index is 12.4. The van der Waals surface area contributed by atoms with Crippen LogP contribution in [0.3, 0.4) is 0 Å². The third kappa shape index (κ3) is 8.75. The molecule has 0 radical (unpaired) electrons. The Kier molecular flexibility index (Phi) is 11.0. The van der Waals surface area contributed by atoms with Crippen molar-refractivity contribution in [2.24, 2.45) is 11.8 Å². The summed E-state index contributed by atoms with van der Waals surface area (Å²) in [6, 6.07) is 12.5. The molecule has 0 aromatic heterocycles. The molecular weight excluding hydrogens is 476 g/mol. The van der Waals surface area contributed by atoms with E-state index < -0.39 is 42.5 Å². The van der Waals surface area contributed by atoms with E-state index in [4.69, 9.17) is 38.5 Å². The average Bonchev–Trinajstić information content (AvgIpc) is 2.88. The van der Waals surface area contributed by atoms with Crippen LogP contribution in [0.15, 0.2) is 48.5 Å². The molecule has 0 heterocycles. The van der Waals surface area contributed by atoms with E-state index in [-0.39, 0.29) is 11.1 Å². The summed E-state index contributed by atoms with van der Waals surface area (Å²) in [4.78, 5) is 56.5. The number of hydrogen-bond acceptors (Lipinski definition) is 11. The molecular formula is C25H30O11. The highest BCUT2D eigenvalue weighted by atomic mass is 17.2. The van der Waals surface area contributed by atoms with E-state index in [9.17, 15) is 14.4 Å². The number of ether oxygens (including phenoxy) is 4. The summed E-state index contributed by atoms with van der Waals surface area (Å²) in [5, 5.41) is 0. The fourth-order valence-electron chi connectivity index (χ4n) is 2.53. The molecule has 0 aliphatic carbocycles. The third-order valence-corrected chi connectivity index (χ3v) is 4.56. The minimum atomic E-state index is -1.29. The minimum Gasteiger partial charge on any atom is -0.497 e. The quantitative estimate of drug-likeness (QED) is 0.172. The van der Waals surface area contributed by atoms with E-state index in [2.05, 4.69) is 0 Å². The summed E-state index contributed by atoms with van der Waals surface area (Å²) in [5.41, 5.74) is 0.344. The highest BCUT2D eigenvalue weighted by Gasteiger charge is 2.28. The van der Waals surface area contributed by atoms with Crippen LogP contribution in [-0.2, 0) is 29.0 Å². The monoisotopic (exact) mass is 506 g/mol.